The van der Waals surface area contributed by atoms with Crippen LogP contribution in [0.3, 0.4) is 0 Å². The van der Waals surface area contributed by atoms with Crippen LogP contribution in [-0.2, 0) is 9.53 Å². The van der Waals surface area contributed by atoms with Crippen LogP contribution in [0.4, 0.5) is 5.69 Å². The van der Waals surface area contributed by atoms with Gasteiger partial charge >= 0.3 is 0 Å². The number of carbonyl (C=O) groups is 1. The number of nitrogens with two attached hydrogens (primary N) is 1. The Morgan fingerprint density at radius 1 is 1.33 bits per heavy atom. The lowest BCUT2D eigenvalue weighted by Gasteiger charge is -2.20. The smallest absolute Gasteiger partial charge is 0.246 e. The van der Waals surface area contributed by atoms with E-state index in [1.807, 2.05) is 52.0 Å². The van der Waals surface area contributed by atoms with E-state index in [-0.39, 0.29) is 24.2 Å². The maximum atomic E-state index is 11.7. The molecule has 1 aromatic rings. The Kier molecular flexibility index (Phi) is 4.73. The van der Waals surface area contributed by atoms with Crippen molar-refractivity contribution in [1.82, 2.24) is 5.32 Å². The van der Waals surface area contributed by atoms with Gasteiger partial charge in [-0.1, -0.05) is 12.1 Å². The van der Waals surface area contributed by atoms with E-state index in [2.05, 4.69) is 5.32 Å². The molecule has 1 amide bonds. The maximum Gasteiger partial charge on any atom is 0.246 e. The van der Waals surface area contributed by atoms with Gasteiger partial charge in [-0.2, -0.15) is 0 Å². The molecule has 0 bridgehead atoms. The SMILES string of the molecule is CC(NC(=O)COC(C)(C)C)c1ccc(N)cc1. The van der Waals surface area contributed by atoms with Gasteiger partial charge < -0.3 is 15.8 Å². The summed E-state index contributed by atoms with van der Waals surface area (Å²) >= 11 is 0. The number of benzene rings is 1. The number of ether oxygens (including phenoxy) is 1. The Hall–Kier alpha value is -1.55. The van der Waals surface area contributed by atoms with E-state index in [0.29, 0.717) is 5.69 Å². The van der Waals surface area contributed by atoms with Crippen LogP contribution in [0.2, 0.25) is 0 Å². The fourth-order valence-electron chi connectivity index (χ4n) is 1.43. The number of hydrogen-bond donors (Lipinski definition) is 2. The Morgan fingerprint density at radius 3 is 2.39 bits per heavy atom. The molecule has 1 atom stereocenters. The Bertz CT molecular complexity index is 393. The second-order valence-corrected chi connectivity index (χ2v) is 5.36. The van der Waals surface area contributed by atoms with Crippen LogP contribution in [0.5, 0.6) is 0 Å². The van der Waals surface area contributed by atoms with Gasteiger partial charge in [-0.3, -0.25) is 4.79 Å². The van der Waals surface area contributed by atoms with E-state index in [9.17, 15) is 4.79 Å². The number of nitrogen functional groups attached to an aromatic ring is 1. The molecule has 100 valence electrons. The average Bonchev–Trinajstić information content (AvgIpc) is 2.26. The number of amides is 1. The van der Waals surface area contributed by atoms with Crippen LogP contribution in [0.15, 0.2) is 24.3 Å². The third-order valence-electron chi connectivity index (χ3n) is 2.45. The van der Waals surface area contributed by atoms with Gasteiger partial charge in [0.15, 0.2) is 0 Å². The third kappa shape index (κ3) is 5.19. The van der Waals surface area contributed by atoms with E-state index in [4.69, 9.17) is 10.5 Å². The van der Waals surface area contributed by atoms with Gasteiger partial charge in [0.25, 0.3) is 0 Å². The molecule has 3 N–H and O–H groups in total. The van der Waals surface area contributed by atoms with Gasteiger partial charge in [-0.25, -0.2) is 0 Å². The Labute approximate surface area is 109 Å². The average molecular weight is 250 g/mol. The Balaban J connectivity index is 2.47. The lowest BCUT2D eigenvalue weighted by molar-refractivity contribution is -0.131. The van der Waals surface area contributed by atoms with Gasteiger partial charge in [-0.05, 0) is 45.4 Å². The highest BCUT2D eigenvalue weighted by molar-refractivity contribution is 5.77. The lowest BCUT2D eigenvalue weighted by atomic mass is 10.1. The molecule has 1 rings (SSSR count). The van der Waals surface area contributed by atoms with Gasteiger partial charge in [0.2, 0.25) is 5.91 Å². The summed E-state index contributed by atoms with van der Waals surface area (Å²) in [6, 6.07) is 7.41. The second kappa shape index (κ2) is 5.87. The molecule has 4 nitrogen and oxygen atoms in total. The minimum absolute atomic E-state index is 0.0540. The summed E-state index contributed by atoms with van der Waals surface area (Å²) in [7, 11) is 0. The molecule has 0 saturated heterocycles. The van der Waals surface area contributed by atoms with Gasteiger partial charge in [-0.15, -0.1) is 0 Å². The minimum atomic E-state index is -0.304. The van der Waals surface area contributed by atoms with Crippen molar-refractivity contribution in [2.24, 2.45) is 0 Å². The van der Waals surface area contributed by atoms with Crippen LogP contribution >= 0.6 is 0 Å². The molecule has 0 heterocycles. The molecule has 0 aliphatic rings. The highest BCUT2D eigenvalue weighted by Crippen LogP contribution is 2.14. The van der Waals surface area contributed by atoms with Crippen molar-refractivity contribution in [3.63, 3.8) is 0 Å². The van der Waals surface area contributed by atoms with Gasteiger partial charge in [0.1, 0.15) is 6.61 Å². The van der Waals surface area contributed by atoms with Crippen LogP contribution < -0.4 is 11.1 Å². The van der Waals surface area contributed by atoms with Crippen LogP contribution in [-0.4, -0.2) is 18.1 Å². The zero-order chi connectivity index (χ0) is 13.8. The summed E-state index contributed by atoms with van der Waals surface area (Å²) in [6.45, 7) is 7.76. The molecule has 18 heavy (non-hydrogen) atoms. The predicted molar refractivity (Wildman–Crippen MR) is 73.1 cm³/mol. The van der Waals surface area contributed by atoms with Crippen LogP contribution in [0.1, 0.15) is 39.3 Å². The summed E-state index contributed by atoms with van der Waals surface area (Å²) in [5.41, 5.74) is 7.05. The molecule has 0 spiro atoms. The molecule has 1 unspecified atom stereocenters. The topological polar surface area (TPSA) is 64.3 Å². The molecular weight excluding hydrogens is 228 g/mol. The molecule has 0 radical (unpaired) electrons. The molecule has 0 aliphatic heterocycles. The first kappa shape index (κ1) is 14.5. The number of nitrogens with one attached hydrogen (secondary N) is 1. The monoisotopic (exact) mass is 250 g/mol. The number of anilines is 1. The molecule has 0 aliphatic carbocycles. The summed E-state index contributed by atoms with van der Waals surface area (Å²) in [5, 5.41) is 2.88. The van der Waals surface area contributed by atoms with Crippen molar-refractivity contribution in [3.05, 3.63) is 29.8 Å². The summed E-state index contributed by atoms with van der Waals surface area (Å²) < 4.78 is 5.41. The molecule has 0 saturated carbocycles. The number of hydrogen-bond acceptors (Lipinski definition) is 3. The summed E-state index contributed by atoms with van der Waals surface area (Å²) in [4.78, 5) is 11.7. The molecule has 0 fully saturated rings. The highest BCUT2D eigenvalue weighted by Gasteiger charge is 2.14. The van der Waals surface area contributed by atoms with E-state index >= 15 is 0 Å². The largest absolute Gasteiger partial charge is 0.399 e. The fourth-order valence-corrected chi connectivity index (χ4v) is 1.43. The van der Waals surface area contributed by atoms with Gasteiger partial charge in [0.05, 0.1) is 11.6 Å². The van der Waals surface area contributed by atoms with Gasteiger partial charge in [0, 0.05) is 5.69 Å². The number of rotatable bonds is 4. The summed E-state index contributed by atoms with van der Waals surface area (Å²) in [6.07, 6.45) is 0. The van der Waals surface area contributed by atoms with E-state index in [0.717, 1.165) is 5.56 Å². The molecule has 4 heteroatoms. The van der Waals surface area contributed by atoms with Crippen molar-refractivity contribution in [1.29, 1.82) is 0 Å². The minimum Gasteiger partial charge on any atom is -0.399 e. The lowest BCUT2D eigenvalue weighted by Crippen LogP contribution is -2.33. The molecule has 0 aromatic heterocycles. The first-order valence-electron chi connectivity index (χ1n) is 6.07. The predicted octanol–water partition coefficient (Wildman–Crippen LogP) is 2.26. The van der Waals surface area contributed by atoms with Crippen molar-refractivity contribution in [2.45, 2.75) is 39.3 Å². The second-order valence-electron chi connectivity index (χ2n) is 5.36. The van der Waals surface area contributed by atoms with Crippen molar-refractivity contribution < 1.29 is 9.53 Å². The third-order valence-corrected chi connectivity index (χ3v) is 2.45. The standard InChI is InChI=1S/C14H22N2O2/c1-10(11-5-7-12(15)8-6-11)16-13(17)9-18-14(2,3)4/h5-8,10H,9,15H2,1-4H3,(H,16,17). The first-order valence-corrected chi connectivity index (χ1v) is 6.07. The van der Waals surface area contributed by atoms with E-state index in [1.165, 1.54) is 0 Å². The van der Waals surface area contributed by atoms with Crippen molar-refractivity contribution >= 4 is 11.6 Å². The normalized spacial score (nSPS) is 13.1. The Morgan fingerprint density at radius 2 is 1.89 bits per heavy atom. The van der Waals surface area contributed by atoms with Crippen molar-refractivity contribution in [3.8, 4) is 0 Å². The fraction of sp³-hybridized carbons (Fsp3) is 0.500. The maximum absolute atomic E-state index is 11.7. The zero-order valence-electron chi connectivity index (χ0n) is 11.5. The van der Waals surface area contributed by atoms with Crippen LogP contribution in [0.25, 0.3) is 0 Å². The molecule has 1 aromatic carbocycles. The highest BCUT2D eigenvalue weighted by atomic mass is 16.5. The first-order chi connectivity index (χ1) is 8.28. The molecular formula is C14H22N2O2. The van der Waals surface area contributed by atoms with Crippen molar-refractivity contribution in [2.75, 3.05) is 12.3 Å². The quantitative estimate of drug-likeness (QED) is 0.806. The van der Waals surface area contributed by atoms with E-state index < -0.39 is 0 Å². The van der Waals surface area contributed by atoms with E-state index in [1.54, 1.807) is 0 Å². The zero-order valence-corrected chi connectivity index (χ0v) is 11.5. The summed E-state index contributed by atoms with van der Waals surface area (Å²) in [5.74, 6) is -0.116. The number of carbonyl (C=O) groups excluding carboxylic acids is 1. The van der Waals surface area contributed by atoms with Crippen LogP contribution in [0, 0.1) is 0 Å².